The first-order valence-corrected chi connectivity index (χ1v) is 7.43. The smallest absolute Gasteiger partial charge is 0.0709 e. The molecule has 0 aromatic carbocycles. The van der Waals surface area contributed by atoms with Crippen LogP contribution in [0.2, 0.25) is 0 Å². The predicted octanol–water partition coefficient (Wildman–Crippen LogP) is 0.665. The zero-order valence-electron chi connectivity index (χ0n) is 10.7. The van der Waals surface area contributed by atoms with Crippen molar-refractivity contribution in [1.29, 1.82) is 0 Å². The first-order chi connectivity index (χ1) is 8.70. The molecular weight excluding hydrogens is 294 g/mol. The van der Waals surface area contributed by atoms with E-state index in [1.165, 1.54) is 13.1 Å². The first kappa shape index (κ1) is 12.6. The molecule has 0 radical (unpaired) electrons. The number of hydrogen-bond acceptors (Lipinski definition) is 4. The zero-order valence-corrected chi connectivity index (χ0v) is 12.3. The molecule has 6 heteroatoms. The van der Waals surface area contributed by atoms with E-state index in [4.69, 9.17) is 5.73 Å². The second-order valence-corrected chi connectivity index (χ2v) is 5.98. The third-order valence-electron chi connectivity index (χ3n) is 4.18. The molecule has 3 fully saturated rings. The van der Waals surface area contributed by atoms with Crippen LogP contribution in [0.15, 0.2) is 10.7 Å². The van der Waals surface area contributed by atoms with Gasteiger partial charge in [-0.05, 0) is 22.9 Å². The van der Waals surface area contributed by atoms with Crippen molar-refractivity contribution in [3.05, 3.63) is 16.4 Å². The number of halogens is 1. The molecule has 3 saturated heterocycles. The van der Waals surface area contributed by atoms with Crippen LogP contribution in [0.25, 0.3) is 0 Å². The molecule has 1 aromatic rings. The number of fused-ring (bicyclic) bond motifs is 3. The first-order valence-electron chi connectivity index (χ1n) is 6.64. The SMILES string of the molecule is CCn1ncc(Br)c1C(N)C1CN2CCN1CC2. The lowest BCUT2D eigenvalue weighted by atomic mass is 9.98. The van der Waals surface area contributed by atoms with E-state index in [-0.39, 0.29) is 6.04 Å². The molecular formula is C12H20BrN5. The quantitative estimate of drug-likeness (QED) is 0.891. The van der Waals surface area contributed by atoms with Crippen molar-refractivity contribution in [2.45, 2.75) is 25.6 Å². The monoisotopic (exact) mass is 313 g/mol. The zero-order chi connectivity index (χ0) is 12.7. The third-order valence-corrected chi connectivity index (χ3v) is 4.80. The molecule has 1 aromatic heterocycles. The summed E-state index contributed by atoms with van der Waals surface area (Å²) in [7, 11) is 0. The second kappa shape index (κ2) is 4.92. The average molecular weight is 314 g/mol. The van der Waals surface area contributed by atoms with E-state index < -0.39 is 0 Å². The largest absolute Gasteiger partial charge is 0.321 e. The molecule has 2 N–H and O–H groups in total. The number of nitrogens with zero attached hydrogens (tertiary/aromatic N) is 4. The Bertz CT molecular complexity index is 424. The van der Waals surface area contributed by atoms with E-state index in [0.29, 0.717) is 6.04 Å². The van der Waals surface area contributed by atoms with Crippen molar-refractivity contribution in [2.24, 2.45) is 5.73 Å². The van der Waals surface area contributed by atoms with E-state index in [1.807, 2.05) is 10.9 Å². The predicted molar refractivity (Wildman–Crippen MR) is 74.3 cm³/mol. The van der Waals surface area contributed by atoms with Gasteiger partial charge in [-0.2, -0.15) is 5.10 Å². The fourth-order valence-electron chi connectivity index (χ4n) is 3.14. The fraction of sp³-hybridized carbons (Fsp3) is 0.750. The summed E-state index contributed by atoms with van der Waals surface area (Å²) in [5, 5.41) is 4.37. The van der Waals surface area contributed by atoms with Crippen LogP contribution in [-0.2, 0) is 6.54 Å². The van der Waals surface area contributed by atoms with Crippen molar-refractivity contribution >= 4 is 15.9 Å². The van der Waals surface area contributed by atoms with E-state index >= 15 is 0 Å². The lowest BCUT2D eigenvalue weighted by Crippen LogP contribution is -2.63. The van der Waals surface area contributed by atoms with Gasteiger partial charge in [0, 0.05) is 45.3 Å². The van der Waals surface area contributed by atoms with Crippen LogP contribution in [0.1, 0.15) is 18.7 Å². The summed E-state index contributed by atoms with van der Waals surface area (Å²) in [5.74, 6) is 0. The molecule has 0 aliphatic carbocycles. The van der Waals surface area contributed by atoms with Gasteiger partial charge in [-0.3, -0.25) is 14.5 Å². The van der Waals surface area contributed by atoms with E-state index in [1.54, 1.807) is 0 Å². The van der Waals surface area contributed by atoms with Gasteiger partial charge in [-0.25, -0.2) is 0 Å². The molecule has 18 heavy (non-hydrogen) atoms. The number of aryl methyl sites for hydroxylation is 1. The van der Waals surface area contributed by atoms with Crippen LogP contribution in [0.5, 0.6) is 0 Å². The lowest BCUT2D eigenvalue weighted by molar-refractivity contribution is 0.000934. The van der Waals surface area contributed by atoms with Crippen LogP contribution in [0.4, 0.5) is 0 Å². The Hall–Kier alpha value is -0.430. The Morgan fingerprint density at radius 2 is 2.17 bits per heavy atom. The van der Waals surface area contributed by atoms with Gasteiger partial charge >= 0.3 is 0 Å². The van der Waals surface area contributed by atoms with Crippen molar-refractivity contribution in [3.63, 3.8) is 0 Å². The molecule has 5 nitrogen and oxygen atoms in total. The van der Waals surface area contributed by atoms with Gasteiger partial charge in [-0.1, -0.05) is 0 Å². The maximum atomic E-state index is 6.52. The van der Waals surface area contributed by atoms with Gasteiger partial charge in [0.05, 0.1) is 22.4 Å². The minimum Gasteiger partial charge on any atom is -0.321 e. The van der Waals surface area contributed by atoms with E-state index in [9.17, 15) is 0 Å². The topological polar surface area (TPSA) is 50.3 Å². The van der Waals surface area contributed by atoms with Gasteiger partial charge in [0.15, 0.2) is 0 Å². The molecule has 3 aliphatic rings. The summed E-state index contributed by atoms with van der Waals surface area (Å²) in [6, 6.07) is 0.454. The highest BCUT2D eigenvalue weighted by Gasteiger charge is 2.37. The number of hydrogen-bond donors (Lipinski definition) is 1. The van der Waals surface area contributed by atoms with Crippen LogP contribution < -0.4 is 5.73 Å². The summed E-state index contributed by atoms with van der Waals surface area (Å²) in [5.41, 5.74) is 7.65. The number of aromatic nitrogens is 2. The van der Waals surface area contributed by atoms with Gasteiger partial charge in [-0.15, -0.1) is 0 Å². The normalized spacial score (nSPS) is 32.7. The highest BCUT2D eigenvalue weighted by Crippen LogP contribution is 2.29. The summed E-state index contributed by atoms with van der Waals surface area (Å²) < 4.78 is 3.04. The molecule has 100 valence electrons. The summed E-state index contributed by atoms with van der Waals surface area (Å²) in [4.78, 5) is 5.05. The maximum Gasteiger partial charge on any atom is 0.0709 e. The van der Waals surface area contributed by atoms with Crippen molar-refractivity contribution in [3.8, 4) is 0 Å². The van der Waals surface area contributed by atoms with Crippen molar-refractivity contribution < 1.29 is 0 Å². The minimum atomic E-state index is 0.0323. The minimum absolute atomic E-state index is 0.0323. The van der Waals surface area contributed by atoms with Gasteiger partial charge in [0.25, 0.3) is 0 Å². The van der Waals surface area contributed by atoms with Crippen LogP contribution >= 0.6 is 15.9 Å². The van der Waals surface area contributed by atoms with Crippen LogP contribution in [0.3, 0.4) is 0 Å². The third kappa shape index (κ3) is 2.01. The number of rotatable bonds is 3. The molecule has 2 unspecified atom stereocenters. The summed E-state index contributed by atoms with van der Waals surface area (Å²) in [6.07, 6.45) is 1.86. The Morgan fingerprint density at radius 3 is 2.72 bits per heavy atom. The fourth-order valence-corrected chi connectivity index (χ4v) is 3.70. The highest BCUT2D eigenvalue weighted by atomic mass is 79.9. The molecule has 0 amide bonds. The van der Waals surface area contributed by atoms with Gasteiger partial charge in [0.1, 0.15) is 0 Å². The van der Waals surface area contributed by atoms with Crippen molar-refractivity contribution in [2.75, 3.05) is 32.7 Å². The van der Waals surface area contributed by atoms with Gasteiger partial charge in [0.2, 0.25) is 0 Å². The summed E-state index contributed by atoms with van der Waals surface area (Å²) >= 11 is 3.58. The van der Waals surface area contributed by atoms with Crippen LogP contribution in [0, 0.1) is 0 Å². The molecule has 4 rings (SSSR count). The van der Waals surface area contributed by atoms with Gasteiger partial charge < -0.3 is 5.73 Å². The molecule has 2 atom stereocenters. The standard InChI is InChI=1S/C12H20BrN5/c1-2-18-12(9(13)7-15-18)11(14)10-8-16-3-5-17(10)6-4-16/h7,10-11H,2-6,8,14H2,1H3. The Labute approximate surface area is 116 Å². The Balaban J connectivity index is 1.85. The number of piperazine rings is 3. The van der Waals surface area contributed by atoms with Crippen molar-refractivity contribution in [1.82, 2.24) is 19.6 Å². The van der Waals surface area contributed by atoms with E-state index in [2.05, 4.69) is 37.8 Å². The maximum absolute atomic E-state index is 6.52. The molecule has 4 heterocycles. The highest BCUT2D eigenvalue weighted by molar-refractivity contribution is 9.10. The Morgan fingerprint density at radius 1 is 1.44 bits per heavy atom. The lowest BCUT2D eigenvalue weighted by Gasteiger charge is -2.49. The average Bonchev–Trinajstić information content (AvgIpc) is 2.80. The molecule has 2 bridgehead atoms. The molecule has 0 spiro atoms. The second-order valence-electron chi connectivity index (χ2n) is 5.12. The molecule has 3 aliphatic heterocycles. The molecule has 0 saturated carbocycles. The van der Waals surface area contributed by atoms with Crippen LogP contribution in [-0.4, -0.2) is 58.3 Å². The number of nitrogens with two attached hydrogens (primary N) is 1. The Kier molecular flexibility index (Phi) is 3.44. The van der Waals surface area contributed by atoms with E-state index in [0.717, 1.165) is 36.3 Å². The summed E-state index contributed by atoms with van der Waals surface area (Å²) in [6.45, 7) is 8.74.